The van der Waals surface area contributed by atoms with Gasteiger partial charge in [0, 0.05) is 0 Å². The number of nitro groups is 1. The van der Waals surface area contributed by atoms with Crippen molar-refractivity contribution in [3.8, 4) is 0 Å². The predicted molar refractivity (Wildman–Crippen MR) is 79.2 cm³/mol. The molecule has 2 rings (SSSR count). The zero-order valence-electron chi connectivity index (χ0n) is 12.2. The quantitative estimate of drug-likeness (QED) is 0.477. The topological polar surface area (TPSA) is 72.1 Å². The second-order valence-corrected chi connectivity index (χ2v) is 6.01. The molecule has 112 valence electrons. The maximum absolute atomic E-state index is 11.1. The third kappa shape index (κ3) is 5.04. The van der Waals surface area contributed by atoms with E-state index in [1.165, 1.54) is 57.6 Å². The average Bonchev–Trinajstić information content (AvgIpc) is 2.49. The minimum Gasteiger partial charge on any atom is -0.312 e. The number of rotatable bonds is 5. The van der Waals surface area contributed by atoms with Gasteiger partial charge in [-0.2, -0.15) is 0 Å². The second-order valence-electron chi connectivity index (χ2n) is 6.01. The van der Waals surface area contributed by atoms with Gasteiger partial charge in [0.15, 0.2) is 6.20 Å². The Bertz CT molecular complexity index is 367. The van der Waals surface area contributed by atoms with E-state index in [-0.39, 0.29) is 10.6 Å². The molecule has 2 N–H and O–H groups in total. The lowest BCUT2D eigenvalue weighted by molar-refractivity contribution is -0.635. The van der Waals surface area contributed by atoms with Crippen molar-refractivity contribution in [3.05, 3.63) is 22.0 Å². The standard InChI is InChI=1S/C15H25N3O2/c19-18(20)15(11-16-13-7-3-1-4-8-13)12-17-14-9-5-2-6-10-14/h11-14,16H,1-10H2/p+1/b15-11+,17-12?. The summed E-state index contributed by atoms with van der Waals surface area (Å²) < 4.78 is 0. The van der Waals surface area contributed by atoms with Crippen LogP contribution in [0.3, 0.4) is 0 Å². The first-order chi connectivity index (χ1) is 9.75. The first-order valence-electron chi connectivity index (χ1n) is 7.98. The van der Waals surface area contributed by atoms with Crippen LogP contribution >= 0.6 is 0 Å². The summed E-state index contributed by atoms with van der Waals surface area (Å²) in [7, 11) is 0. The predicted octanol–water partition coefficient (Wildman–Crippen LogP) is 2.40. The Hall–Kier alpha value is -1.23. The fourth-order valence-corrected chi connectivity index (χ4v) is 3.12. The molecule has 0 atom stereocenters. The maximum atomic E-state index is 11.1. The van der Waals surface area contributed by atoms with Crippen LogP contribution in [0.15, 0.2) is 16.9 Å². The molecule has 2 saturated carbocycles. The fourth-order valence-electron chi connectivity index (χ4n) is 3.12. The molecular formula is C15H26N3O2+. The number of allylic oxidation sites excluding steroid dienone is 1. The summed E-state index contributed by atoms with van der Waals surface area (Å²) in [4.78, 5) is 15.2. The number of quaternary nitrogens is 1. The van der Waals surface area contributed by atoms with Crippen LogP contribution in [0.5, 0.6) is 0 Å². The van der Waals surface area contributed by atoms with Crippen molar-refractivity contribution in [3.63, 3.8) is 0 Å². The second kappa shape index (κ2) is 8.15. The molecule has 0 aromatic heterocycles. The van der Waals surface area contributed by atoms with Gasteiger partial charge in [0.1, 0.15) is 6.21 Å². The smallest absolute Gasteiger partial charge is 0.312 e. The summed E-state index contributed by atoms with van der Waals surface area (Å²) in [6.45, 7) is 0. The monoisotopic (exact) mass is 280 g/mol. The van der Waals surface area contributed by atoms with Gasteiger partial charge in [-0.25, -0.2) is 0 Å². The van der Waals surface area contributed by atoms with E-state index in [1.54, 1.807) is 6.20 Å². The van der Waals surface area contributed by atoms with E-state index >= 15 is 0 Å². The third-order valence-electron chi connectivity index (χ3n) is 4.39. The normalized spacial score (nSPS) is 23.3. The molecule has 0 aromatic carbocycles. The van der Waals surface area contributed by atoms with Gasteiger partial charge < -0.3 is 5.32 Å². The molecule has 0 amide bonds. The minimum absolute atomic E-state index is 0.140. The lowest BCUT2D eigenvalue weighted by atomic mass is 9.96. The molecule has 2 aliphatic carbocycles. The molecule has 2 fully saturated rings. The maximum Gasteiger partial charge on any atom is 0.339 e. The Kier molecular flexibility index (Phi) is 6.18. The van der Waals surface area contributed by atoms with Crippen LogP contribution in [-0.2, 0) is 0 Å². The van der Waals surface area contributed by atoms with E-state index in [0.29, 0.717) is 12.1 Å². The highest BCUT2D eigenvalue weighted by molar-refractivity contribution is 5.74. The molecule has 0 bridgehead atoms. The number of aliphatic imine (C=N–C) groups is 1. The van der Waals surface area contributed by atoms with Gasteiger partial charge in [-0.05, 0) is 38.5 Å². The van der Waals surface area contributed by atoms with Crippen LogP contribution in [0.1, 0.15) is 64.2 Å². The van der Waals surface area contributed by atoms with Crippen LogP contribution in [0.2, 0.25) is 0 Å². The lowest BCUT2D eigenvalue weighted by Crippen LogP contribution is -2.85. The van der Waals surface area contributed by atoms with Crippen molar-refractivity contribution in [2.75, 3.05) is 0 Å². The number of hydrogen-bond donors (Lipinski definition) is 1. The van der Waals surface area contributed by atoms with Gasteiger partial charge in [0.25, 0.3) is 0 Å². The van der Waals surface area contributed by atoms with E-state index in [1.807, 2.05) is 5.32 Å². The Morgan fingerprint density at radius 1 is 1.05 bits per heavy atom. The third-order valence-corrected chi connectivity index (χ3v) is 4.39. The molecule has 2 aliphatic rings. The van der Waals surface area contributed by atoms with Crippen LogP contribution in [0.4, 0.5) is 0 Å². The first kappa shape index (κ1) is 15.2. The Balaban J connectivity index is 1.88. The van der Waals surface area contributed by atoms with Crippen molar-refractivity contribution in [1.29, 1.82) is 0 Å². The zero-order valence-corrected chi connectivity index (χ0v) is 12.2. The molecule has 0 heterocycles. The minimum atomic E-state index is -0.314. The molecule has 0 aliphatic heterocycles. The van der Waals surface area contributed by atoms with Gasteiger partial charge in [0.2, 0.25) is 0 Å². The Labute approximate surface area is 120 Å². The molecular weight excluding hydrogens is 254 g/mol. The van der Waals surface area contributed by atoms with Gasteiger partial charge in [-0.1, -0.05) is 25.7 Å². The summed E-state index contributed by atoms with van der Waals surface area (Å²) in [6.07, 6.45) is 15.1. The van der Waals surface area contributed by atoms with Crippen LogP contribution in [-0.4, -0.2) is 23.2 Å². The van der Waals surface area contributed by atoms with E-state index in [0.717, 1.165) is 12.8 Å². The molecule has 0 unspecified atom stereocenters. The van der Waals surface area contributed by atoms with Gasteiger partial charge in [-0.15, -0.1) is 0 Å². The van der Waals surface area contributed by atoms with E-state index < -0.39 is 0 Å². The van der Waals surface area contributed by atoms with Gasteiger partial charge in [0.05, 0.1) is 17.0 Å². The molecule has 0 spiro atoms. The molecule has 0 radical (unpaired) electrons. The fraction of sp³-hybridized carbons (Fsp3) is 0.800. The highest BCUT2D eigenvalue weighted by Gasteiger charge is 2.18. The van der Waals surface area contributed by atoms with E-state index in [4.69, 9.17) is 0 Å². The highest BCUT2D eigenvalue weighted by Crippen LogP contribution is 2.20. The molecule has 5 heteroatoms. The molecule has 0 aromatic rings. The average molecular weight is 280 g/mol. The summed E-state index contributed by atoms with van der Waals surface area (Å²) in [5.41, 5.74) is 0.140. The summed E-state index contributed by atoms with van der Waals surface area (Å²) >= 11 is 0. The van der Waals surface area contributed by atoms with Crippen molar-refractivity contribution in [2.24, 2.45) is 4.99 Å². The molecule has 5 nitrogen and oxygen atoms in total. The van der Waals surface area contributed by atoms with E-state index in [9.17, 15) is 10.1 Å². The SMILES string of the molecule is O=[N+]([O-])/C(C=NC1CCCCC1)=C/[NH2+]C1CCCCC1. The number of nitrogens with zero attached hydrogens (tertiary/aromatic N) is 2. The number of hydrogen-bond acceptors (Lipinski definition) is 3. The first-order valence-corrected chi connectivity index (χ1v) is 7.98. The van der Waals surface area contributed by atoms with Gasteiger partial charge in [-0.3, -0.25) is 15.1 Å². The Morgan fingerprint density at radius 2 is 1.65 bits per heavy atom. The lowest BCUT2D eigenvalue weighted by Gasteiger charge is -2.17. The van der Waals surface area contributed by atoms with Crippen molar-refractivity contribution in [1.82, 2.24) is 0 Å². The van der Waals surface area contributed by atoms with E-state index in [2.05, 4.69) is 4.99 Å². The molecule has 0 saturated heterocycles. The van der Waals surface area contributed by atoms with Crippen molar-refractivity contribution in [2.45, 2.75) is 76.3 Å². The van der Waals surface area contributed by atoms with Gasteiger partial charge >= 0.3 is 5.70 Å². The van der Waals surface area contributed by atoms with Crippen LogP contribution in [0, 0.1) is 10.1 Å². The summed E-state index contributed by atoms with van der Waals surface area (Å²) in [5, 5.41) is 13.1. The number of nitrogens with two attached hydrogens (primary N) is 1. The Morgan fingerprint density at radius 3 is 2.25 bits per heavy atom. The summed E-state index contributed by atoms with van der Waals surface area (Å²) in [5.74, 6) is 0. The highest BCUT2D eigenvalue weighted by atomic mass is 16.6. The largest absolute Gasteiger partial charge is 0.339 e. The molecule has 20 heavy (non-hydrogen) atoms. The zero-order chi connectivity index (χ0) is 14.2. The van der Waals surface area contributed by atoms with Crippen molar-refractivity contribution < 1.29 is 10.2 Å². The van der Waals surface area contributed by atoms with Crippen molar-refractivity contribution >= 4 is 6.21 Å². The summed E-state index contributed by atoms with van der Waals surface area (Å²) in [6, 6.07) is 0.809. The van der Waals surface area contributed by atoms with Crippen LogP contribution < -0.4 is 5.32 Å². The van der Waals surface area contributed by atoms with Crippen LogP contribution in [0.25, 0.3) is 0 Å².